The number of aromatic nitrogens is 3. The molecule has 2 aromatic rings. The molecule has 0 spiro atoms. The molecule has 0 fully saturated rings. The molecule has 2 N–H and O–H groups in total. The number of nitrogens with zero attached hydrogens (tertiary/aromatic N) is 3. The lowest BCUT2D eigenvalue weighted by atomic mass is 10.3. The highest BCUT2D eigenvalue weighted by Crippen LogP contribution is 2.25. The summed E-state index contributed by atoms with van der Waals surface area (Å²) in [5.74, 6) is 1.44. The molecule has 1 heterocycles. The van der Waals surface area contributed by atoms with Crippen LogP contribution in [0.4, 0.5) is 0 Å². The van der Waals surface area contributed by atoms with Gasteiger partial charge < -0.3 is 15.2 Å². The molecule has 0 saturated carbocycles. The minimum atomic E-state index is -0.108. The zero-order valence-corrected chi connectivity index (χ0v) is 11.1. The van der Waals surface area contributed by atoms with E-state index in [1.807, 2.05) is 37.4 Å². The van der Waals surface area contributed by atoms with Gasteiger partial charge in [0, 0.05) is 6.04 Å². The van der Waals surface area contributed by atoms with E-state index in [1.54, 1.807) is 11.8 Å². The maximum atomic E-state index is 5.72. The topological polar surface area (TPSA) is 75.2 Å². The van der Waals surface area contributed by atoms with Gasteiger partial charge in [0.1, 0.15) is 6.61 Å². The zero-order valence-electron chi connectivity index (χ0n) is 11.1. The number of methoxy groups -OCH3 is 1. The van der Waals surface area contributed by atoms with Crippen LogP contribution in [0.1, 0.15) is 18.7 Å². The molecule has 19 heavy (non-hydrogen) atoms. The average Bonchev–Trinajstić information content (AvgIpc) is 2.88. The smallest absolute Gasteiger partial charge is 0.161 e. The van der Waals surface area contributed by atoms with Crippen molar-refractivity contribution in [2.75, 3.05) is 13.7 Å². The van der Waals surface area contributed by atoms with Crippen molar-refractivity contribution in [3.05, 3.63) is 36.2 Å². The molecule has 2 rings (SSSR count). The van der Waals surface area contributed by atoms with Crippen molar-refractivity contribution in [3.63, 3.8) is 0 Å². The van der Waals surface area contributed by atoms with Crippen molar-refractivity contribution in [3.8, 4) is 11.5 Å². The standard InChI is InChI=1S/C13H18N4O2/c1-10(14)11-9-17(16-15-11)7-8-19-13-6-4-3-5-12(13)18-2/h3-6,9-10H,7-8,14H2,1-2H3. The van der Waals surface area contributed by atoms with Crippen LogP contribution in [0.5, 0.6) is 11.5 Å². The Kier molecular flexibility index (Phi) is 4.35. The summed E-state index contributed by atoms with van der Waals surface area (Å²) in [4.78, 5) is 0. The van der Waals surface area contributed by atoms with Crippen molar-refractivity contribution in [2.24, 2.45) is 5.73 Å². The van der Waals surface area contributed by atoms with Gasteiger partial charge in [-0.3, -0.25) is 0 Å². The van der Waals surface area contributed by atoms with Gasteiger partial charge in [0.25, 0.3) is 0 Å². The van der Waals surface area contributed by atoms with Gasteiger partial charge in [0.05, 0.1) is 25.5 Å². The minimum absolute atomic E-state index is 0.108. The number of hydrogen-bond acceptors (Lipinski definition) is 5. The maximum Gasteiger partial charge on any atom is 0.161 e. The Morgan fingerprint density at radius 2 is 2.05 bits per heavy atom. The number of ether oxygens (including phenoxy) is 2. The number of benzene rings is 1. The molecule has 6 heteroatoms. The highest BCUT2D eigenvalue weighted by Gasteiger charge is 2.06. The molecule has 6 nitrogen and oxygen atoms in total. The second-order valence-corrected chi connectivity index (χ2v) is 4.19. The average molecular weight is 262 g/mol. The summed E-state index contributed by atoms with van der Waals surface area (Å²) >= 11 is 0. The highest BCUT2D eigenvalue weighted by molar-refractivity contribution is 5.39. The van der Waals surface area contributed by atoms with Crippen molar-refractivity contribution in [1.82, 2.24) is 15.0 Å². The van der Waals surface area contributed by atoms with E-state index in [0.717, 1.165) is 17.2 Å². The number of hydrogen-bond donors (Lipinski definition) is 1. The van der Waals surface area contributed by atoms with E-state index in [1.165, 1.54) is 0 Å². The second kappa shape index (κ2) is 6.19. The fraction of sp³-hybridized carbons (Fsp3) is 0.385. The maximum absolute atomic E-state index is 5.72. The Hall–Kier alpha value is -2.08. The number of rotatable bonds is 6. The van der Waals surface area contributed by atoms with Gasteiger partial charge in [-0.05, 0) is 19.1 Å². The third kappa shape index (κ3) is 3.45. The first-order chi connectivity index (χ1) is 9.20. The first kappa shape index (κ1) is 13.4. The molecular weight excluding hydrogens is 244 g/mol. The lowest BCUT2D eigenvalue weighted by Gasteiger charge is -2.09. The van der Waals surface area contributed by atoms with E-state index in [-0.39, 0.29) is 6.04 Å². The molecule has 0 amide bonds. The molecule has 0 aliphatic rings. The first-order valence-electron chi connectivity index (χ1n) is 6.12. The zero-order chi connectivity index (χ0) is 13.7. The Balaban J connectivity index is 1.89. The Morgan fingerprint density at radius 1 is 1.32 bits per heavy atom. The van der Waals surface area contributed by atoms with Gasteiger partial charge >= 0.3 is 0 Å². The highest BCUT2D eigenvalue weighted by atomic mass is 16.5. The third-order valence-electron chi connectivity index (χ3n) is 2.67. The van der Waals surface area contributed by atoms with Crippen LogP contribution in [0.3, 0.4) is 0 Å². The quantitative estimate of drug-likeness (QED) is 0.851. The molecule has 102 valence electrons. The van der Waals surface area contributed by atoms with Crippen LogP contribution in [0.15, 0.2) is 30.5 Å². The Morgan fingerprint density at radius 3 is 2.68 bits per heavy atom. The van der Waals surface area contributed by atoms with E-state index in [9.17, 15) is 0 Å². The van der Waals surface area contributed by atoms with Crippen LogP contribution in [0.25, 0.3) is 0 Å². The minimum Gasteiger partial charge on any atom is -0.493 e. The van der Waals surface area contributed by atoms with Gasteiger partial charge in [0.2, 0.25) is 0 Å². The molecule has 1 aromatic carbocycles. The van der Waals surface area contributed by atoms with Crippen LogP contribution in [0.2, 0.25) is 0 Å². The number of nitrogens with two attached hydrogens (primary N) is 1. The van der Waals surface area contributed by atoms with Crippen molar-refractivity contribution < 1.29 is 9.47 Å². The first-order valence-corrected chi connectivity index (χ1v) is 6.12. The summed E-state index contributed by atoms with van der Waals surface area (Å²) < 4.78 is 12.6. The van der Waals surface area contributed by atoms with Crippen LogP contribution in [0, 0.1) is 0 Å². The fourth-order valence-corrected chi connectivity index (χ4v) is 1.62. The lowest BCUT2D eigenvalue weighted by Crippen LogP contribution is -2.09. The molecule has 1 aromatic heterocycles. The monoisotopic (exact) mass is 262 g/mol. The largest absolute Gasteiger partial charge is 0.493 e. The summed E-state index contributed by atoms with van der Waals surface area (Å²) in [7, 11) is 1.62. The van der Waals surface area contributed by atoms with Crippen molar-refractivity contribution in [1.29, 1.82) is 0 Å². The molecule has 0 bridgehead atoms. The Labute approximate surface area is 112 Å². The molecular formula is C13H18N4O2. The Bertz CT molecular complexity index is 525. The lowest BCUT2D eigenvalue weighted by molar-refractivity contribution is 0.273. The van der Waals surface area contributed by atoms with Gasteiger partial charge in [-0.2, -0.15) is 0 Å². The molecule has 0 aliphatic carbocycles. The predicted molar refractivity (Wildman–Crippen MR) is 71.1 cm³/mol. The van der Waals surface area contributed by atoms with Crippen molar-refractivity contribution >= 4 is 0 Å². The van der Waals surface area contributed by atoms with Crippen LogP contribution < -0.4 is 15.2 Å². The van der Waals surface area contributed by atoms with Gasteiger partial charge in [-0.15, -0.1) is 5.10 Å². The fourth-order valence-electron chi connectivity index (χ4n) is 1.62. The van der Waals surface area contributed by atoms with E-state index in [2.05, 4.69) is 10.3 Å². The van der Waals surface area contributed by atoms with Crippen LogP contribution in [-0.4, -0.2) is 28.7 Å². The number of para-hydroxylation sites is 2. The molecule has 1 unspecified atom stereocenters. The van der Waals surface area contributed by atoms with Crippen molar-refractivity contribution in [2.45, 2.75) is 19.5 Å². The SMILES string of the molecule is COc1ccccc1OCCn1cc(C(C)N)nn1. The van der Waals surface area contributed by atoms with Crippen LogP contribution >= 0.6 is 0 Å². The summed E-state index contributed by atoms with van der Waals surface area (Å²) in [6.45, 7) is 2.97. The molecule has 1 atom stereocenters. The molecule has 0 radical (unpaired) electrons. The van der Waals surface area contributed by atoms with E-state index < -0.39 is 0 Å². The van der Waals surface area contributed by atoms with E-state index >= 15 is 0 Å². The summed E-state index contributed by atoms with van der Waals surface area (Å²) in [6.07, 6.45) is 1.83. The van der Waals surface area contributed by atoms with Gasteiger partial charge in [0.15, 0.2) is 11.5 Å². The summed E-state index contributed by atoms with van der Waals surface area (Å²) in [5.41, 5.74) is 6.50. The third-order valence-corrected chi connectivity index (χ3v) is 2.67. The van der Waals surface area contributed by atoms with Crippen LogP contribution in [-0.2, 0) is 6.54 Å². The van der Waals surface area contributed by atoms with E-state index in [4.69, 9.17) is 15.2 Å². The normalized spacial score (nSPS) is 12.2. The molecule has 0 saturated heterocycles. The van der Waals surface area contributed by atoms with Gasteiger partial charge in [-0.25, -0.2) is 4.68 Å². The summed E-state index contributed by atoms with van der Waals surface area (Å²) in [6, 6.07) is 7.43. The summed E-state index contributed by atoms with van der Waals surface area (Å²) in [5, 5.41) is 7.97. The van der Waals surface area contributed by atoms with Gasteiger partial charge in [-0.1, -0.05) is 17.3 Å². The predicted octanol–water partition coefficient (Wildman–Crippen LogP) is 1.39. The molecule has 0 aliphatic heterocycles. The second-order valence-electron chi connectivity index (χ2n) is 4.19. The van der Waals surface area contributed by atoms with E-state index in [0.29, 0.717) is 13.2 Å².